The molecule has 0 aliphatic heterocycles. The number of ether oxygens (including phenoxy) is 1. The van der Waals surface area contributed by atoms with E-state index < -0.39 is 0 Å². The maximum Gasteiger partial charge on any atom is 0.258 e. The van der Waals surface area contributed by atoms with Crippen LogP contribution in [0.5, 0.6) is 5.88 Å². The van der Waals surface area contributed by atoms with Crippen molar-refractivity contribution in [3.63, 3.8) is 0 Å². The highest BCUT2D eigenvalue weighted by Crippen LogP contribution is 2.23. The van der Waals surface area contributed by atoms with Crippen LogP contribution in [0.3, 0.4) is 0 Å². The van der Waals surface area contributed by atoms with Gasteiger partial charge in [0.05, 0.1) is 11.9 Å². The van der Waals surface area contributed by atoms with Crippen LogP contribution in [0, 0.1) is 5.92 Å². The zero-order chi connectivity index (χ0) is 15.2. The van der Waals surface area contributed by atoms with Gasteiger partial charge in [-0.1, -0.05) is 43.6 Å². The second-order valence-corrected chi connectivity index (χ2v) is 5.46. The molecule has 0 fully saturated rings. The summed E-state index contributed by atoms with van der Waals surface area (Å²) in [5.41, 5.74) is 0.874. The lowest BCUT2D eigenvalue weighted by Crippen LogP contribution is -2.31. The van der Waals surface area contributed by atoms with Gasteiger partial charge in [-0.25, -0.2) is 4.68 Å². The molecule has 0 aliphatic carbocycles. The Labute approximate surface area is 128 Å². The summed E-state index contributed by atoms with van der Waals surface area (Å²) in [6, 6.07) is 9.55. The molecule has 0 saturated carbocycles. The van der Waals surface area contributed by atoms with Gasteiger partial charge in [0.25, 0.3) is 11.8 Å². The molecule has 0 atom stereocenters. The van der Waals surface area contributed by atoms with Gasteiger partial charge in [-0.15, -0.1) is 5.10 Å². The van der Waals surface area contributed by atoms with Gasteiger partial charge in [-0.2, -0.15) is 0 Å². The molecule has 0 spiro atoms. The summed E-state index contributed by atoms with van der Waals surface area (Å²) in [5.74, 6) is 0.462. The normalized spacial score (nSPS) is 10.7. The van der Waals surface area contributed by atoms with Crippen LogP contribution in [-0.2, 0) is 4.79 Å². The first-order valence-corrected chi connectivity index (χ1v) is 7.14. The van der Waals surface area contributed by atoms with E-state index >= 15 is 0 Å². The monoisotopic (exact) mass is 307 g/mol. The molecule has 0 radical (unpaired) electrons. The number of amides is 1. The highest BCUT2D eigenvalue weighted by Gasteiger charge is 2.11. The number of para-hydroxylation sites is 1. The highest BCUT2D eigenvalue weighted by molar-refractivity contribution is 6.31. The third kappa shape index (κ3) is 4.49. The van der Waals surface area contributed by atoms with Gasteiger partial charge in [0.15, 0.2) is 6.61 Å². The fourth-order valence-electron chi connectivity index (χ4n) is 1.65. The lowest BCUT2D eigenvalue weighted by Gasteiger charge is -2.07. The van der Waals surface area contributed by atoms with E-state index in [0.29, 0.717) is 17.5 Å². The molecule has 5 nitrogen and oxygen atoms in total. The molecule has 1 heterocycles. The van der Waals surface area contributed by atoms with Gasteiger partial charge in [0.2, 0.25) is 0 Å². The first-order valence-electron chi connectivity index (χ1n) is 6.76. The lowest BCUT2D eigenvalue weighted by molar-refractivity contribution is -0.123. The van der Waals surface area contributed by atoms with Crippen molar-refractivity contribution in [2.75, 3.05) is 13.2 Å². The fraction of sp³-hybridized carbons (Fsp3) is 0.333. The van der Waals surface area contributed by atoms with Gasteiger partial charge < -0.3 is 10.1 Å². The van der Waals surface area contributed by atoms with E-state index in [4.69, 9.17) is 16.3 Å². The van der Waals surface area contributed by atoms with Crippen LogP contribution in [0.2, 0.25) is 5.02 Å². The van der Waals surface area contributed by atoms with Gasteiger partial charge in [0, 0.05) is 6.54 Å². The summed E-state index contributed by atoms with van der Waals surface area (Å²) in [4.78, 5) is 11.6. The summed E-state index contributed by atoms with van der Waals surface area (Å²) < 4.78 is 6.97. The van der Waals surface area contributed by atoms with E-state index in [2.05, 4.69) is 10.4 Å². The minimum absolute atomic E-state index is 0.0990. The van der Waals surface area contributed by atoms with Crippen LogP contribution < -0.4 is 10.1 Å². The van der Waals surface area contributed by atoms with Crippen molar-refractivity contribution in [1.29, 1.82) is 0 Å². The summed E-state index contributed by atoms with van der Waals surface area (Å²) in [7, 11) is 0. The highest BCUT2D eigenvalue weighted by atomic mass is 35.5. The number of carbonyl (C=O) groups is 1. The number of halogens is 1. The van der Waals surface area contributed by atoms with E-state index in [-0.39, 0.29) is 18.4 Å². The molecule has 2 rings (SSSR count). The van der Waals surface area contributed by atoms with Gasteiger partial charge in [-0.05, 0) is 18.1 Å². The Kier molecular flexibility index (Phi) is 5.22. The molecule has 0 bridgehead atoms. The van der Waals surface area contributed by atoms with Crippen LogP contribution in [0.15, 0.2) is 36.5 Å². The Morgan fingerprint density at radius 3 is 2.76 bits per heavy atom. The van der Waals surface area contributed by atoms with Crippen molar-refractivity contribution < 1.29 is 9.53 Å². The van der Waals surface area contributed by atoms with Crippen molar-refractivity contribution in [2.24, 2.45) is 5.92 Å². The fourth-order valence-corrected chi connectivity index (χ4v) is 1.84. The van der Waals surface area contributed by atoms with E-state index in [1.807, 2.05) is 44.2 Å². The third-order valence-electron chi connectivity index (χ3n) is 2.71. The topological polar surface area (TPSA) is 56.1 Å². The quantitative estimate of drug-likeness (QED) is 0.892. The molecular weight excluding hydrogens is 290 g/mol. The molecule has 21 heavy (non-hydrogen) atoms. The molecule has 2 aromatic rings. The maximum absolute atomic E-state index is 11.6. The number of rotatable bonds is 6. The largest absolute Gasteiger partial charge is 0.465 e. The van der Waals surface area contributed by atoms with Crippen LogP contribution in [-0.4, -0.2) is 28.8 Å². The first-order chi connectivity index (χ1) is 10.1. The number of nitrogens with zero attached hydrogens (tertiary/aromatic N) is 2. The zero-order valence-electron chi connectivity index (χ0n) is 12.0. The Morgan fingerprint density at radius 1 is 1.38 bits per heavy atom. The molecule has 1 aromatic carbocycles. The minimum Gasteiger partial charge on any atom is -0.465 e. The van der Waals surface area contributed by atoms with Crippen LogP contribution in [0.4, 0.5) is 0 Å². The number of benzene rings is 1. The molecular formula is C15H18ClN3O2. The molecule has 1 amide bonds. The van der Waals surface area contributed by atoms with E-state index in [0.717, 1.165) is 5.69 Å². The molecule has 6 heteroatoms. The second-order valence-electron chi connectivity index (χ2n) is 5.05. The number of nitrogens with one attached hydrogen (secondary N) is 1. The smallest absolute Gasteiger partial charge is 0.258 e. The lowest BCUT2D eigenvalue weighted by atomic mass is 10.2. The summed E-state index contributed by atoms with van der Waals surface area (Å²) in [5, 5.41) is 7.37. The van der Waals surface area contributed by atoms with Gasteiger partial charge in [0.1, 0.15) is 5.02 Å². The van der Waals surface area contributed by atoms with E-state index in [1.54, 1.807) is 10.9 Å². The van der Waals surface area contributed by atoms with Crippen molar-refractivity contribution in [2.45, 2.75) is 13.8 Å². The van der Waals surface area contributed by atoms with Crippen molar-refractivity contribution in [1.82, 2.24) is 15.1 Å². The predicted molar refractivity (Wildman–Crippen MR) is 81.9 cm³/mol. The summed E-state index contributed by atoms with van der Waals surface area (Å²) in [6.45, 7) is 4.58. The van der Waals surface area contributed by atoms with Crippen molar-refractivity contribution in [3.8, 4) is 11.6 Å². The maximum atomic E-state index is 11.6. The number of hydrogen-bond donors (Lipinski definition) is 1. The van der Waals surface area contributed by atoms with E-state index in [9.17, 15) is 4.79 Å². The SMILES string of the molecule is CC(C)CNC(=O)COc1nn(-c2ccccc2)cc1Cl. The third-order valence-corrected chi connectivity index (χ3v) is 2.97. The predicted octanol–water partition coefficient (Wildman–Crippen LogP) is 2.68. The zero-order valence-corrected chi connectivity index (χ0v) is 12.8. The Bertz CT molecular complexity index is 596. The second kappa shape index (κ2) is 7.13. The number of aromatic nitrogens is 2. The summed E-state index contributed by atoms with van der Waals surface area (Å²) >= 11 is 6.07. The Balaban J connectivity index is 1.96. The minimum atomic E-state index is -0.186. The molecule has 0 aliphatic rings. The van der Waals surface area contributed by atoms with E-state index in [1.165, 1.54) is 0 Å². The van der Waals surface area contributed by atoms with Gasteiger partial charge >= 0.3 is 0 Å². The van der Waals surface area contributed by atoms with Crippen molar-refractivity contribution in [3.05, 3.63) is 41.6 Å². The molecule has 112 valence electrons. The standard InChI is InChI=1S/C15H18ClN3O2/c1-11(2)8-17-14(20)10-21-15-13(16)9-19(18-15)12-6-4-3-5-7-12/h3-7,9,11H,8,10H2,1-2H3,(H,17,20). The van der Waals surface area contributed by atoms with Crippen LogP contribution in [0.25, 0.3) is 5.69 Å². The molecule has 1 aromatic heterocycles. The Morgan fingerprint density at radius 2 is 2.10 bits per heavy atom. The molecule has 0 unspecified atom stereocenters. The Hall–Kier alpha value is -2.01. The van der Waals surface area contributed by atoms with Crippen LogP contribution in [0.1, 0.15) is 13.8 Å². The average molecular weight is 308 g/mol. The number of hydrogen-bond acceptors (Lipinski definition) is 3. The van der Waals surface area contributed by atoms with Crippen molar-refractivity contribution >= 4 is 17.5 Å². The molecule has 0 saturated heterocycles. The summed E-state index contributed by atoms with van der Waals surface area (Å²) in [6.07, 6.45) is 1.65. The van der Waals surface area contributed by atoms with Crippen LogP contribution >= 0.6 is 11.6 Å². The average Bonchev–Trinajstić information content (AvgIpc) is 2.85. The first kappa shape index (κ1) is 15.4. The molecule has 1 N–H and O–H groups in total. The van der Waals surface area contributed by atoms with Gasteiger partial charge in [-0.3, -0.25) is 4.79 Å². The number of carbonyl (C=O) groups excluding carboxylic acids is 1.